The summed E-state index contributed by atoms with van der Waals surface area (Å²) >= 11 is 5.04. The lowest BCUT2D eigenvalue weighted by Gasteiger charge is -2.22. The number of anilines is 1. The van der Waals surface area contributed by atoms with Gasteiger partial charge in [0.15, 0.2) is 5.11 Å². The van der Waals surface area contributed by atoms with Crippen molar-refractivity contribution in [2.24, 2.45) is 5.10 Å². The number of methoxy groups -OCH3 is 1. The first-order valence-electron chi connectivity index (χ1n) is 7.16. The summed E-state index contributed by atoms with van der Waals surface area (Å²) in [7, 11) is 1.66. The van der Waals surface area contributed by atoms with Gasteiger partial charge in [-0.2, -0.15) is 5.10 Å². The third-order valence-electron chi connectivity index (χ3n) is 3.05. The Morgan fingerprint density at radius 3 is 2.62 bits per heavy atom. The van der Waals surface area contributed by atoms with Crippen LogP contribution in [0.25, 0.3) is 0 Å². The van der Waals surface area contributed by atoms with Gasteiger partial charge in [0.05, 0.1) is 13.3 Å². The Morgan fingerprint density at radius 2 is 2.05 bits per heavy atom. The molecule has 5 nitrogen and oxygen atoms in total. The van der Waals surface area contributed by atoms with Gasteiger partial charge in [-0.05, 0) is 45.1 Å². The van der Waals surface area contributed by atoms with Gasteiger partial charge in [0.2, 0.25) is 0 Å². The normalized spacial score (nSPS) is 10.5. The highest BCUT2D eigenvalue weighted by molar-refractivity contribution is 7.80. The second kappa shape index (κ2) is 9.18. The molecule has 0 aliphatic heterocycles. The molecule has 0 saturated heterocycles. The summed E-state index contributed by atoms with van der Waals surface area (Å²) in [5.41, 5.74) is 4.81. The van der Waals surface area contributed by atoms with Gasteiger partial charge in [0.25, 0.3) is 0 Å². The van der Waals surface area contributed by atoms with Gasteiger partial charge < -0.3 is 15.0 Å². The predicted octanol–water partition coefficient (Wildman–Crippen LogP) is 2.36. The number of hydrazone groups is 1. The zero-order valence-electron chi connectivity index (χ0n) is 13.1. The summed E-state index contributed by atoms with van der Waals surface area (Å²) in [6.45, 7) is 8.95. The molecule has 2 N–H and O–H groups in total. The molecule has 0 bridgehead atoms. The molecule has 0 amide bonds. The van der Waals surface area contributed by atoms with Crippen LogP contribution in [0.5, 0.6) is 5.75 Å². The van der Waals surface area contributed by atoms with Crippen LogP contribution in [0.15, 0.2) is 23.3 Å². The zero-order chi connectivity index (χ0) is 15.7. The second-order valence-corrected chi connectivity index (χ2v) is 4.74. The van der Waals surface area contributed by atoms with E-state index in [1.165, 1.54) is 0 Å². The van der Waals surface area contributed by atoms with Gasteiger partial charge >= 0.3 is 0 Å². The van der Waals surface area contributed by atoms with Crippen molar-refractivity contribution < 1.29 is 4.74 Å². The Morgan fingerprint density at radius 1 is 1.33 bits per heavy atom. The van der Waals surface area contributed by atoms with E-state index in [9.17, 15) is 0 Å². The highest BCUT2D eigenvalue weighted by Gasteiger charge is 2.06. The molecule has 0 atom stereocenters. The lowest BCUT2D eigenvalue weighted by atomic mass is 10.2. The van der Waals surface area contributed by atoms with E-state index in [0.29, 0.717) is 5.11 Å². The third kappa shape index (κ3) is 5.23. The van der Waals surface area contributed by atoms with Gasteiger partial charge in [-0.15, -0.1) is 0 Å². The molecular weight excluding hydrogens is 284 g/mol. The molecular formula is C15H24N4OS. The van der Waals surface area contributed by atoms with Gasteiger partial charge in [-0.3, -0.25) is 5.43 Å². The van der Waals surface area contributed by atoms with Crippen LogP contribution >= 0.6 is 12.2 Å². The number of hydrogen-bond donors (Lipinski definition) is 2. The Labute approximate surface area is 132 Å². The quantitative estimate of drug-likeness (QED) is 0.460. The SMILES string of the molecule is CCNC(=S)NN=Cc1ccc(N(CC)CC)cc1OC. The van der Waals surface area contributed by atoms with Crippen molar-refractivity contribution in [2.75, 3.05) is 31.6 Å². The first-order valence-corrected chi connectivity index (χ1v) is 7.56. The lowest BCUT2D eigenvalue weighted by Crippen LogP contribution is -2.31. The summed E-state index contributed by atoms with van der Waals surface area (Å²) in [5.74, 6) is 0.791. The lowest BCUT2D eigenvalue weighted by molar-refractivity contribution is 0.414. The fourth-order valence-corrected chi connectivity index (χ4v) is 2.15. The van der Waals surface area contributed by atoms with Gasteiger partial charge in [-0.1, -0.05) is 0 Å². The molecule has 21 heavy (non-hydrogen) atoms. The Kier molecular flexibility index (Phi) is 7.53. The maximum absolute atomic E-state index is 5.44. The van der Waals surface area contributed by atoms with E-state index in [2.05, 4.69) is 40.7 Å². The van der Waals surface area contributed by atoms with Crippen LogP contribution in [0.2, 0.25) is 0 Å². The standard InChI is InChI=1S/C15H24N4OS/c1-5-16-15(21)18-17-11-12-8-9-13(10-14(12)20-4)19(6-2)7-3/h8-11H,5-7H2,1-4H3,(H2,16,18,21). The smallest absolute Gasteiger partial charge is 0.186 e. The van der Waals surface area contributed by atoms with E-state index in [-0.39, 0.29) is 0 Å². The summed E-state index contributed by atoms with van der Waals surface area (Å²) in [6.07, 6.45) is 1.70. The fraction of sp³-hybridized carbons (Fsp3) is 0.467. The van der Waals surface area contributed by atoms with E-state index in [1.54, 1.807) is 13.3 Å². The molecule has 0 saturated carbocycles. The summed E-state index contributed by atoms with van der Waals surface area (Å²) in [4.78, 5) is 2.27. The molecule has 0 aliphatic carbocycles. The molecule has 0 spiro atoms. The summed E-state index contributed by atoms with van der Waals surface area (Å²) in [5, 5.41) is 7.59. The van der Waals surface area contributed by atoms with Crippen molar-refractivity contribution in [3.8, 4) is 5.75 Å². The molecule has 0 fully saturated rings. The molecule has 0 unspecified atom stereocenters. The van der Waals surface area contributed by atoms with E-state index in [1.807, 2.05) is 19.1 Å². The Hall–Kier alpha value is -1.82. The molecule has 0 aliphatic rings. The van der Waals surface area contributed by atoms with Crippen LogP contribution in [0.1, 0.15) is 26.3 Å². The molecule has 116 valence electrons. The molecule has 1 aromatic rings. The second-order valence-electron chi connectivity index (χ2n) is 4.33. The van der Waals surface area contributed by atoms with Crippen molar-refractivity contribution in [1.29, 1.82) is 0 Å². The summed E-state index contributed by atoms with van der Waals surface area (Å²) < 4.78 is 5.44. The number of nitrogens with zero attached hydrogens (tertiary/aromatic N) is 2. The number of benzene rings is 1. The Bertz CT molecular complexity index is 487. The summed E-state index contributed by atoms with van der Waals surface area (Å²) in [6, 6.07) is 6.09. The molecule has 1 rings (SSSR count). The molecule has 0 radical (unpaired) electrons. The molecule has 0 aromatic heterocycles. The van der Waals surface area contributed by atoms with Crippen molar-refractivity contribution >= 4 is 29.2 Å². The number of thiocarbonyl (C=S) groups is 1. The van der Waals surface area contributed by atoms with Gasteiger partial charge in [0, 0.05) is 37.0 Å². The first-order chi connectivity index (χ1) is 10.2. The first kappa shape index (κ1) is 17.2. The minimum Gasteiger partial charge on any atom is -0.496 e. The Balaban J connectivity index is 2.84. The van der Waals surface area contributed by atoms with Crippen molar-refractivity contribution in [3.63, 3.8) is 0 Å². The number of rotatable bonds is 7. The van der Waals surface area contributed by atoms with E-state index in [4.69, 9.17) is 17.0 Å². The predicted molar refractivity (Wildman–Crippen MR) is 93.6 cm³/mol. The third-order valence-corrected chi connectivity index (χ3v) is 3.29. The van der Waals surface area contributed by atoms with Gasteiger partial charge in [0.1, 0.15) is 5.75 Å². The van der Waals surface area contributed by atoms with Crippen molar-refractivity contribution in [3.05, 3.63) is 23.8 Å². The van der Waals surface area contributed by atoms with Gasteiger partial charge in [-0.25, -0.2) is 0 Å². The average molecular weight is 308 g/mol. The average Bonchev–Trinajstić information content (AvgIpc) is 2.49. The van der Waals surface area contributed by atoms with Crippen molar-refractivity contribution in [2.45, 2.75) is 20.8 Å². The largest absolute Gasteiger partial charge is 0.496 e. The number of ether oxygens (including phenoxy) is 1. The van der Waals surface area contributed by atoms with E-state index in [0.717, 1.165) is 36.6 Å². The molecule has 1 aromatic carbocycles. The van der Waals surface area contributed by atoms with Crippen LogP contribution in [0, 0.1) is 0 Å². The maximum atomic E-state index is 5.44. The monoisotopic (exact) mass is 308 g/mol. The topological polar surface area (TPSA) is 48.9 Å². The van der Waals surface area contributed by atoms with Crippen LogP contribution in [-0.4, -0.2) is 38.1 Å². The fourth-order valence-electron chi connectivity index (χ4n) is 1.95. The molecule has 0 heterocycles. The van der Waals surface area contributed by atoms with E-state index >= 15 is 0 Å². The minimum atomic E-state index is 0.507. The van der Waals surface area contributed by atoms with Crippen LogP contribution in [0.4, 0.5) is 5.69 Å². The van der Waals surface area contributed by atoms with Crippen LogP contribution in [-0.2, 0) is 0 Å². The highest BCUT2D eigenvalue weighted by Crippen LogP contribution is 2.24. The van der Waals surface area contributed by atoms with Crippen LogP contribution in [0.3, 0.4) is 0 Å². The number of nitrogens with one attached hydrogen (secondary N) is 2. The number of hydrogen-bond acceptors (Lipinski definition) is 4. The molecule has 6 heteroatoms. The maximum Gasteiger partial charge on any atom is 0.186 e. The van der Waals surface area contributed by atoms with Crippen molar-refractivity contribution in [1.82, 2.24) is 10.7 Å². The zero-order valence-corrected chi connectivity index (χ0v) is 14.0. The minimum absolute atomic E-state index is 0.507. The van der Waals surface area contributed by atoms with Crippen LogP contribution < -0.4 is 20.4 Å². The highest BCUT2D eigenvalue weighted by atomic mass is 32.1. The van der Waals surface area contributed by atoms with E-state index < -0.39 is 0 Å².